The van der Waals surface area contributed by atoms with Gasteiger partial charge in [-0.2, -0.15) is 8.42 Å². The van der Waals surface area contributed by atoms with Gasteiger partial charge >= 0.3 is 46.5 Å². The molecule has 5 nitrogen and oxygen atoms in total. The molecule has 0 heterocycles. The fourth-order valence-electron chi connectivity index (χ4n) is 0. The Hall–Kier alpha value is 0.970. The van der Waals surface area contributed by atoms with E-state index < -0.39 is 17.0 Å². The number of hydrogen-bond acceptors (Lipinski definition) is 4. The van der Waals surface area contributed by atoms with Crippen molar-refractivity contribution in [3.63, 3.8) is 0 Å². The van der Waals surface area contributed by atoms with Crippen LogP contribution in [0.15, 0.2) is 0 Å². The average molecular weight is 167 g/mol. The van der Waals surface area contributed by atoms with E-state index in [4.69, 9.17) is 4.55 Å². The largest absolute Gasteiger partial charge is 1.00 e. The molecule has 0 aromatic carbocycles. The van der Waals surface area contributed by atoms with E-state index in [1.807, 2.05) is 0 Å². The predicted molar refractivity (Wildman–Crippen MR) is 19.2 cm³/mol. The van der Waals surface area contributed by atoms with Crippen LogP contribution in [0.3, 0.4) is 0 Å². The molecule has 0 aliphatic carbocycles. The van der Waals surface area contributed by atoms with E-state index >= 15 is 0 Å². The van der Waals surface area contributed by atoms with Gasteiger partial charge in [0.1, 0.15) is 0 Å². The van der Waals surface area contributed by atoms with Crippen LogP contribution in [-0.2, 0) is 14.3 Å². The maximum Gasteiger partial charge on any atom is 1.00 e. The second-order valence-electron chi connectivity index (χ2n) is 0.671. The first-order valence-corrected chi connectivity index (χ1v) is 4.29. The monoisotopic (exact) mass is 167 g/mol. The van der Waals surface area contributed by atoms with Crippen molar-refractivity contribution >= 4 is 17.0 Å². The zero-order valence-electron chi connectivity index (χ0n) is 3.94. The van der Waals surface area contributed by atoms with E-state index in [1.165, 1.54) is 0 Å². The number of rotatable bonds is 1. The molecule has 0 aliphatic rings. The van der Waals surface area contributed by atoms with Gasteiger partial charge in [0.25, 0.3) is 0 Å². The first-order valence-electron chi connectivity index (χ1n) is 1.06. The van der Waals surface area contributed by atoms with Crippen LogP contribution in [0.5, 0.6) is 0 Å². The first kappa shape index (κ1) is 11.7. The van der Waals surface area contributed by atoms with Crippen LogP contribution >= 0.6 is 7.23 Å². The van der Waals surface area contributed by atoms with Crippen LogP contribution in [0.4, 0.5) is 0 Å². The summed E-state index contributed by atoms with van der Waals surface area (Å²) in [5.74, 6) is 0. The van der Waals surface area contributed by atoms with Crippen molar-refractivity contribution in [3.8, 4) is 0 Å². The molecule has 0 amide bonds. The summed E-state index contributed by atoms with van der Waals surface area (Å²) in [7, 11) is -8.50. The van der Waals surface area contributed by atoms with Gasteiger partial charge in [-0.25, -0.2) is 4.55 Å². The van der Waals surface area contributed by atoms with Crippen molar-refractivity contribution in [1.82, 2.24) is 0 Å². The molecule has 42 valence electrons. The van der Waals surface area contributed by atoms with Crippen molar-refractivity contribution < 1.29 is 52.0 Å². The summed E-state index contributed by atoms with van der Waals surface area (Å²) in [5.41, 5.74) is 0. The summed E-state index contributed by atoms with van der Waals surface area (Å²) < 4.78 is 35.3. The molecule has 0 aromatic heterocycles. The smallest absolute Gasteiger partial charge is 0.579 e. The minimum Gasteiger partial charge on any atom is -0.579 e. The molecule has 1 N–H and O–H groups in total. The molecule has 0 rings (SSSR count). The molecule has 0 aliphatic heterocycles. The molecule has 0 spiro atoms. The molecule has 0 aromatic rings. The van der Waals surface area contributed by atoms with E-state index in [-0.39, 0.29) is 29.6 Å². The third-order valence-electron chi connectivity index (χ3n) is 0.188. The van der Waals surface area contributed by atoms with E-state index in [0.717, 1.165) is 0 Å². The topological polar surface area (TPSA) is 94.5 Å². The van der Waals surface area contributed by atoms with Gasteiger partial charge in [0.05, 0.1) is 0 Å². The van der Waals surface area contributed by atoms with Gasteiger partial charge in [-0.3, -0.25) is 0 Å². The van der Waals surface area contributed by atoms with Crippen LogP contribution in [0, 0.1) is 0 Å². The molecule has 0 saturated carbocycles. The van der Waals surface area contributed by atoms with Crippen LogP contribution in [-0.4, -0.2) is 13.0 Å². The Balaban J connectivity index is 0. The third-order valence-corrected chi connectivity index (χ3v) is 1.70. The van der Waals surface area contributed by atoms with Gasteiger partial charge in [-0.1, -0.05) is 4.57 Å². The van der Waals surface area contributed by atoms with Gasteiger partial charge in [-0.15, -0.1) is 0 Å². The SMILES string of the molecule is O=[P+]([O-])S(=O)(=O)O.[Na+]. The molecule has 8 heteroatoms. The molecular formula is HNaO5PS+. The van der Waals surface area contributed by atoms with Gasteiger partial charge in [0.15, 0.2) is 0 Å². The normalized spacial score (nSPS) is 12.0. The predicted octanol–water partition coefficient (Wildman–Crippen LogP) is -4.10. The second-order valence-corrected chi connectivity index (χ2v) is 4.29. The Kier molecular flexibility index (Phi) is 5.71. The Labute approximate surface area is 68.8 Å². The average Bonchev–Trinajstić information content (AvgIpc) is 1.31. The van der Waals surface area contributed by atoms with E-state index in [9.17, 15) is 17.9 Å². The summed E-state index contributed by atoms with van der Waals surface area (Å²) in [5, 5.41) is 0. The number of hydrogen-bond donors (Lipinski definition) is 1. The van der Waals surface area contributed by atoms with Crippen LogP contribution < -0.4 is 34.5 Å². The van der Waals surface area contributed by atoms with Crippen molar-refractivity contribution in [3.05, 3.63) is 0 Å². The summed E-state index contributed by atoms with van der Waals surface area (Å²) in [6.07, 6.45) is 0. The van der Waals surface area contributed by atoms with Crippen LogP contribution in [0.25, 0.3) is 0 Å². The van der Waals surface area contributed by atoms with Gasteiger partial charge < -0.3 is 4.89 Å². The van der Waals surface area contributed by atoms with Gasteiger partial charge in [-0.05, 0) is 0 Å². The summed E-state index contributed by atoms with van der Waals surface area (Å²) >= 11 is 0. The summed E-state index contributed by atoms with van der Waals surface area (Å²) in [6, 6.07) is 0. The maximum absolute atomic E-state index is 9.29. The first-order chi connectivity index (χ1) is 2.94. The van der Waals surface area contributed by atoms with E-state index in [1.54, 1.807) is 0 Å². The molecule has 8 heavy (non-hydrogen) atoms. The second kappa shape index (κ2) is 3.90. The zero-order valence-corrected chi connectivity index (χ0v) is 7.65. The van der Waals surface area contributed by atoms with Gasteiger partial charge in [0.2, 0.25) is 0 Å². The summed E-state index contributed by atoms with van der Waals surface area (Å²) in [4.78, 5) is 9.22. The van der Waals surface area contributed by atoms with Crippen molar-refractivity contribution in [2.45, 2.75) is 0 Å². The Bertz CT molecular complexity index is 167. The quantitative estimate of drug-likeness (QED) is 0.243. The van der Waals surface area contributed by atoms with E-state index in [0.29, 0.717) is 0 Å². The van der Waals surface area contributed by atoms with Crippen molar-refractivity contribution in [2.75, 3.05) is 0 Å². The molecule has 1 unspecified atom stereocenters. The molecule has 0 bridgehead atoms. The minimum atomic E-state index is -4.79. The molecule has 0 radical (unpaired) electrons. The zero-order chi connectivity index (χ0) is 6.08. The van der Waals surface area contributed by atoms with Crippen molar-refractivity contribution in [1.29, 1.82) is 0 Å². The fraction of sp³-hybridized carbons (Fsp3) is 0. The van der Waals surface area contributed by atoms with Crippen LogP contribution in [0.2, 0.25) is 0 Å². The summed E-state index contributed by atoms with van der Waals surface area (Å²) in [6.45, 7) is 0. The van der Waals surface area contributed by atoms with Crippen LogP contribution in [0.1, 0.15) is 0 Å². The minimum absolute atomic E-state index is 0. The molecule has 0 saturated heterocycles. The van der Waals surface area contributed by atoms with Crippen molar-refractivity contribution in [2.24, 2.45) is 0 Å². The Morgan fingerprint density at radius 1 is 1.50 bits per heavy atom. The fourth-order valence-corrected chi connectivity index (χ4v) is 0. The van der Waals surface area contributed by atoms with E-state index in [2.05, 4.69) is 0 Å². The molecule has 0 fully saturated rings. The maximum atomic E-state index is 9.29. The molecular weight excluding hydrogens is 166 g/mol. The van der Waals surface area contributed by atoms with Gasteiger partial charge in [0, 0.05) is 0 Å². The molecule has 1 atom stereocenters. The standard InChI is InChI=1S/Na.HO5PS/c;1-6(2)7(3,4)5/h;(H,3,4,5)/q+1;. The third kappa shape index (κ3) is 5.11. The Morgan fingerprint density at radius 2 is 1.62 bits per heavy atom. The Morgan fingerprint density at radius 3 is 1.62 bits per heavy atom.